The van der Waals surface area contributed by atoms with Gasteiger partial charge in [-0.1, -0.05) is 24.3 Å². The number of hydrogen-bond donors (Lipinski definition) is 0. The first kappa shape index (κ1) is 7.99. The molecule has 0 aromatic carbocycles. The van der Waals surface area contributed by atoms with E-state index in [1.807, 2.05) is 19.1 Å². The highest BCUT2D eigenvalue weighted by atomic mass is 16.1. The highest BCUT2D eigenvalue weighted by Gasteiger charge is 2.27. The number of ketones is 1. The first-order valence-electron chi connectivity index (χ1n) is 3.70. The van der Waals surface area contributed by atoms with Crippen molar-refractivity contribution in [2.45, 2.75) is 13.3 Å². The third-order valence-electron chi connectivity index (χ3n) is 1.95. The average Bonchev–Trinajstić information content (AvgIpc) is 1.96. The van der Waals surface area contributed by atoms with Crippen molar-refractivity contribution in [3.63, 3.8) is 0 Å². The largest absolute Gasteiger partial charge is 0.294 e. The van der Waals surface area contributed by atoms with E-state index in [2.05, 4.69) is 6.58 Å². The second-order valence-electron chi connectivity index (χ2n) is 2.99. The predicted molar refractivity (Wildman–Crippen MR) is 46.2 cm³/mol. The number of hydrogen-bond acceptors (Lipinski definition) is 1. The standard InChI is InChI=1S/C10H12O/c1-3-7-10(2)8-5-4-6-9(10)11/h3-6,8H,1,7H2,2H3. The highest BCUT2D eigenvalue weighted by molar-refractivity contribution is 5.97. The number of carbonyl (C=O) groups excluding carboxylic acids is 1. The van der Waals surface area contributed by atoms with Crippen LogP contribution >= 0.6 is 0 Å². The minimum absolute atomic E-state index is 0.167. The lowest BCUT2D eigenvalue weighted by atomic mass is 9.80. The fourth-order valence-corrected chi connectivity index (χ4v) is 1.15. The summed E-state index contributed by atoms with van der Waals surface area (Å²) in [5.74, 6) is 0.167. The molecule has 0 radical (unpaired) electrons. The molecule has 0 aromatic heterocycles. The predicted octanol–water partition coefficient (Wildman–Crippen LogP) is 2.26. The van der Waals surface area contributed by atoms with E-state index in [-0.39, 0.29) is 11.2 Å². The molecular formula is C10H12O. The molecule has 1 nitrogen and oxygen atoms in total. The molecule has 1 aliphatic rings. The molecule has 1 heteroatoms. The van der Waals surface area contributed by atoms with E-state index in [4.69, 9.17) is 0 Å². The maximum atomic E-state index is 11.3. The summed E-state index contributed by atoms with van der Waals surface area (Å²) in [6.07, 6.45) is 9.71. The first-order valence-corrected chi connectivity index (χ1v) is 3.70. The molecule has 0 heterocycles. The van der Waals surface area contributed by atoms with E-state index in [0.717, 1.165) is 0 Å². The first-order chi connectivity index (χ1) is 5.19. The molecule has 11 heavy (non-hydrogen) atoms. The number of carbonyl (C=O) groups is 1. The SMILES string of the molecule is C=CCC1(C)C=CC=CC1=O. The van der Waals surface area contributed by atoms with Gasteiger partial charge in [0.1, 0.15) is 0 Å². The quantitative estimate of drug-likeness (QED) is 0.549. The molecule has 1 atom stereocenters. The third-order valence-corrected chi connectivity index (χ3v) is 1.95. The minimum Gasteiger partial charge on any atom is -0.294 e. The van der Waals surface area contributed by atoms with Gasteiger partial charge < -0.3 is 0 Å². The Kier molecular flexibility index (Phi) is 2.08. The van der Waals surface area contributed by atoms with Gasteiger partial charge in [-0.25, -0.2) is 0 Å². The molecule has 0 spiro atoms. The van der Waals surface area contributed by atoms with E-state index in [1.165, 1.54) is 0 Å². The van der Waals surface area contributed by atoms with Gasteiger partial charge in [0.2, 0.25) is 0 Å². The molecule has 0 N–H and O–H groups in total. The van der Waals surface area contributed by atoms with Crippen LogP contribution in [0.2, 0.25) is 0 Å². The van der Waals surface area contributed by atoms with Crippen LogP contribution in [0.15, 0.2) is 37.0 Å². The van der Waals surface area contributed by atoms with E-state index in [1.54, 1.807) is 18.2 Å². The van der Waals surface area contributed by atoms with Crippen molar-refractivity contribution in [1.29, 1.82) is 0 Å². The Balaban J connectivity index is 2.85. The second kappa shape index (κ2) is 2.87. The van der Waals surface area contributed by atoms with Crippen molar-refractivity contribution >= 4 is 5.78 Å². The van der Waals surface area contributed by atoms with Crippen LogP contribution in [-0.2, 0) is 4.79 Å². The molecule has 0 aliphatic heterocycles. The fourth-order valence-electron chi connectivity index (χ4n) is 1.15. The lowest BCUT2D eigenvalue weighted by Gasteiger charge is -2.22. The molecular weight excluding hydrogens is 136 g/mol. The van der Waals surface area contributed by atoms with Gasteiger partial charge >= 0.3 is 0 Å². The van der Waals surface area contributed by atoms with Gasteiger partial charge in [-0.15, -0.1) is 6.58 Å². The van der Waals surface area contributed by atoms with E-state index < -0.39 is 0 Å². The molecule has 1 rings (SSSR count). The highest BCUT2D eigenvalue weighted by Crippen LogP contribution is 2.27. The van der Waals surface area contributed by atoms with Crippen molar-refractivity contribution in [3.8, 4) is 0 Å². The minimum atomic E-state index is -0.337. The normalized spacial score (nSPS) is 29.0. The molecule has 0 bridgehead atoms. The Morgan fingerprint density at radius 1 is 1.64 bits per heavy atom. The monoisotopic (exact) mass is 148 g/mol. The smallest absolute Gasteiger partial charge is 0.165 e. The number of allylic oxidation sites excluding steroid dienone is 5. The summed E-state index contributed by atoms with van der Waals surface area (Å²) in [6, 6.07) is 0. The Bertz CT molecular complexity index is 235. The summed E-state index contributed by atoms with van der Waals surface area (Å²) in [7, 11) is 0. The van der Waals surface area contributed by atoms with Crippen LogP contribution in [-0.4, -0.2) is 5.78 Å². The molecule has 0 aromatic rings. The summed E-state index contributed by atoms with van der Waals surface area (Å²) < 4.78 is 0. The van der Waals surface area contributed by atoms with Crippen LogP contribution in [0.3, 0.4) is 0 Å². The van der Waals surface area contributed by atoms with Crippen LogP contribution in [0.25, 0.3) is 0 Å². The lowest BCUT2D eigenvalue weighted by Crippen LogP contribution is -2.24. The van der Waals surface area contributed by atoms with E-state index in [9.17, 15) is 4.79 Å². The van der Waals surface area contributed by atoms with Gasteiger partial charge in [0.05, 0.1) is 5.41 Å². The van der Waals surface area contributed by atoms with E-state index in [0.29, 0.717) is 6.42 Å². The summed E-state index contributed by atoms with van der Waals surface area (Å²) >= 11 is 0. The summed E-state index contributed by atoms with van der Waals surface area (Å²) in [5, 5.41) is 0. The van der Waals surface area contributed by atoms with Gasteiger partial charge in [-0.05, 0) is 19.4 Å². The zero-order valence-electron chi connectivity index (χ0n) is 6.71. The molecule has 0 saturated carbocycles. The van der Waals surface area contributed by atoms with E-state index >= 15 is 0 Å². The van der Waals surface area contributed by atoms with Gasteiger partial charge in [0.25, 0.3) is 0 Å². The van der Waals surface area contributed by atoms with Crippen molar-refractivity contribution in [3.05, 3.63) is 37.0 Å². The van der Waals surface area contributed by atoms with Crippen LogP contribution in [0.4, 0.5) is 0 Å². The Morgan fingerprint density at radius 3 is 2.91 bits per heavy atom. The average molecular weight is 148 g/mol. The van der Waals surface area contributed by atoms with Crippen LogP contribution in [0.5, 0.6) is 0 Å². The van der Waals surface area contributed by atoms with Gasteiger partial charge in [0, 0.05) is 0 Å². The summed E-state index contributed by atoms with van der Waals surface area (Å²) in [4.78, 5) is 11.3. The Hall–Kier alpha value is -1.11. The van der Waals surface area contributed by atoms with Crippen LogP contribution in [0.1, 0.15) is 13.3 Å². The zero-order chi connectivity index (χ0) is 8.32. The molecule has 0 fully saturated rings. The maximum Gasteiger partial charge on any atom is 0.165 e. The molecule has 58 valence electrons. The molecule has 0 saturated heterocycles. The van der Waals surface area contributed by atoms with Crippen molar-refractivity contribution in [2.75, 3.05) is 0 Å². The zero-order valence-corrected chi connectivity index (χ0v) is 6.71. The van der Waals surface area contributed by atoms with Crippen LogP contribution in [0, 0.1) is 5.41 Å². The number of rotatable bonds is 2. The Morgan fingerprint density at radius 2 is 2.36 bits per heavy atom. The van der Waals surface area contributed by atoms with Gasteiger partial charge in [-0.2, -0.15) is 0 Å². The lowest BCUT2D eigenvalue weighted by molar-refractivity contribution is -0.120. The summed E-state index contributed by atoms with van der Waals surface area (Å²) in [5.41, 5.74) is -0.337. The van der Waals surface area contributed by atoms with Crippen LogP contribution < -0.4 is 0 Å². The van der Waals surface area contributed by atoms with Gasteiger partial charge in [0.15, 0.2) is 5.78 Å². The van der Waals surface area contributed by atoms with Gasteiger partial charge in [-0.3, -0.25) is 4.79 Å². The summed E-state index contributed by atoms with van der Waals surface area (Å²) in [6.45, 7) is 5.55. The molecule has 0 amide bonds. The molecule has 1 aliphatic carbocycles. The van der Waals surface area contributed by atoms with Crippen molar-refractivity contribution in [2.24, 2.45) is 5.41 Å². The topological polar surface area (TPSA) is 17.1 Å². The molecule has 1 unspecified atom stereocenters. The Labute approximate surface area is 67.1 Å². The second-order valence-corrected chi connectivity index (χ2v) is 2.99. The maximum absolute atomic E-state index is 11.3. The van der Waals surface area contributed by atoms with Crippen molar-refractivity contribution < 1.29 is 4.79 Å². The fraction of sp³-hybridized carbons (Fsp3) is 0.300. The van der Waals surface area contributed by atoms with Crippen molar-refractivity contribution in [1.82, 2.24) is 0 Å². The third kappa shape index (κ3) is 1.48.